The van der Waals surface area contributed by atoms with Crippen LogP contribution in [0.1, 0.15) is 31.4 Å². The molecule has 0 fully saturated rings. The van der Waals surface area contributed by atoms with Gasteiger partial charge in [0, 0.05) is 6.42 Å². The highest BCUT2D eigenvalue weighted by atomic mass is 16.5. The summed E-state index contributed by atoms with van der Waals surface area (Å²) in [6.45, 7) is 3.60. The molecule has 122 valence electrons. The van der Waals surface area contributed by atoms with Crippen LogP contribution >= 0.6 is 0 Å². The van der Waals surface area contributed by atoms with Gasteiger partial charge in [-0.25, -0.2) is 4.79 Å². The van der Waals surface area contributed by atoms with Crippen molar-refractivity contribution in [3.05, 3.63) is 59.7 Å². The third kappa shape index (κ3) is 4.25. The largest absolute Gasteiger partial charge is 0.508 e. The normalized spacial score (nSPS) is 13.3. The number of aliphatic carboxylic acids is 1. The first-order valence-corrected chi connectivity index (χ1v) is 7.73. The number of aryl methyl sites for hydroxylation is 1. The lowest BCUT2D eigenvalue weighted by Gasteiger charge is -2.26. The first-order valence-electron chi connectivity index (χ1n) is 7.73. The molecular weight excluding hydrogens is 292 g/mol. The fourth-order valence-corrected chi connectivity index (χ4v) is 2.51. The molecule has 0 spiro atoms. The van der Waals surface area contributed by atoms with E-state index >= 15 is 0 Å². The maximum atomic E-state index is 11.7. The molecule has 0 bridgehead atoms. The van der Waals surface area contributed by atoms with Crippen molar-refractivity contribution in [2.75, 3.05) is 0 Å². The van der Waals surface area contributed by atoms with Gasteiger partial charge < -0.3 is 14.9 Å². The number of carboxylic acids is 1. The third-order valence-electron chi connectivity index (χ3n) is 3.74. The highest BCUT2D eigenvalue weighted by molar-refractivity contribution is 5.78. The molecule has 0 aliphatic carbocycles. The van der Waals surface area contributed by atoms with Gasteiger partial charge in [0.25, 0.3) is 0 Å². The van der Waals surface area contributed by atoms with Crippen LogP contribution in [-0.2, 0) is 17.6 Å². The Morgan fingerprint density at radius 2 is 1.87 bits per heavy atom. The summed E-state index contributed by atoms with van der Waals surface area (Å²) in [6, 6.07) is 14.1. The SMILES string of the molecule is CCCc1cc(CC(C)(Oc2ccccc2)C(=O)O)ccc1O. The molecule has 1 atom stereocenters. The average molecular weight is 314 g/mol. The highest BCUT2D eigenvalue weighted by Crippen LogP contribution is 2.26. The van der Waals surface area contributed by atoms with E-state index in [1.807, 2.05) is 19.1 Å². The van der Waals surface area contributed by atoms with E-state index in [4.69, 9.17) is 4.74 Å². The second-order valence-electron chi connectivity index (χ2n) is 5.84. The Hall–Kier alpha value is -2.49. The van der Waals surface area contributed by atoms with Crippen LogP contribution in [0.4, 0.5) is 0 Å². The van der Waals surface area contributed by atoms with Crippen LogP contribution in [0.15, 0.2) is 48.5 Å². The van der Waals surface area contributed by atoms with Gasteiger partial charge in [-0.2, -0.15) is 0 Å². The number of phenolic OH excluding ortho intramolecular Hbond substituents is 1. The van der Waals surface area contributed by atoms with Gasteiger partial charge in [0.05, 0.1) is 0 Å². The zero-order chi connectivity index (χ0) is 16.9. The van der Waals surface area contributed by atoms with Crippen molar-refractivity contribution in [1.29, 1.82) is 0 Å². The summed E-state index contributed by atoms with van der Waals surface area (Å²) in [6.07, 6.45) is 1.88. The second-order valence-corrected chi connectivity index (χ2v) is 5.84. The Kier molecular flexibility index (Phi) is 5.27. The van der Waals surface area contributed by atoms with E-state index in [2.05, 4.69) is 0 Å². The Morgan fingerprint density at radius 3 is 2.48 bits per heavy atom. The fourth-order valence-electron chi connectivity index (χ4n) is 2.51. The molecule has 0 heterocycles. The summed E-state index contributed by atoms with van der Waals surface area (Å²) in [7, 11) is 0. The third-order valence-corrected chi connectivity index (χ3v) is 3.74. The first kappa shape index (κ1) is 16.9. The van der Waals surface area contributed by atoms with Crippen LogP contribution in [0.3, 0.4) is 0 Å². The van der Waals surface area contributed by atoms with Crippen molar-refractivity contribution in [3.8, 4) is 11.5 Å². The summed E-state index contributed by atoms with van der Waals surface area (Å²) in [5.74, 6) is -0.256. The number of benzene rings is 2. The van der Waals surface area contributed by atoms with Gasteiger partial charge in [-0.1, -0.05) is 43.7 Å². The molecule has 2 aromatic rings. The molecule has 23 heavy (non-hydrogen) atoms. The minimum atomic E-state index is -1.37. The van der Waals surface area contributed by atoms with Crippen LogP contribution in [0.2, 0.25) is 0 Å². The Labute approximate surface area is 136 Å². The lowest BCUT2D eigenvalue weighted by atomic mass is 9.94. The number of carbonyl (C=O) groups is 1. The van der Waals surface area contributed by atoms with Gasteiger partial charge in [0.2, 0.25) is 5.60 Å². The van der Waals surface area contributed by atoms with Crippen molar-refractivity contribution < 1.29 is 19.7 Å². The minimum Gasteiger partial charge on any atom is -0.508 e. The molecule has 0 saturated carbocycles. The molecule has 0 aromatic heterocycles. The molecule has 0 amide bonds. The lowest BCUT2D eigenvalue weighted by molar-refractivity contribution is -0.153. The molecule has 2 N–H and O–H groups in total. The predicted molar refractivity (Wildman–Crippen MR) is 88.9 cm³/mol. The predicted octanol–water partition coefficient (Wildman–Crippen LogP) is 3.81. The molecule has 0 aliphatic heterocycles. The maximum absolute atomic E-state index is 11.7. The van der Waals surface area contributed by atoms with Crippen molar-refractivity contribution in [3.63, 3.8) is 0 Å². The van der Waals surface area contributed by atoms with Gasteiger partial charge >= 0.3 is 5.97 Å². The van der Waals surface area contributed by atoms with Crippen LogP contribution in [-0.4, -0.2) is 21.8 Å². The number of aromatic hydroxyl groups is 1. The lowest BCUT2D eigenvalue weighted by Crippen LogP contribution is -2.43. The van der Waals surface area contributed by atoms with E-state index in [1.165, 1.54) is 0 Å². The summed E-state index contributed by atoms with van der Waals surface area (Å²) >= 11 is 0. The summed E-state index contributed by atoms with van der Waals surface area (Å²) in [4.78, 5) is 11.7. The van der Waals surface area contributed by atoms with E-state index in [0.717, 1.165) is 24.0 Å². The fraction of sp³-hybridized carbons (Fsp3) is 0.316. The minimum absolute atomic E-state index is 0.216. The number of rotatable bonds is 7. The number of ether oxygens (including phenoxy) is 1. The monoisotopic (exact) mass is 314 g/mol. The number of phenols is 1. The molecule has 2 aromatic carbocycles. The Balaban J connectivity index is 2.25. The van der Waals surface area contributed by atoms with Crippen molar-refractivity contribution in [1.82, 2.24) is 0 Å². The number of hydrogen-bond donors (Lipinski definition) is 2. The average Bonchev–Trinajstić information content (AvgIpc) is 2.51. The molecule has 2 rings (SSSR count). The van der Waals surface area contributed by atoms with Gasteiger partial charge in [-0.05, 0) is 42.7 Å². The second kappa shape index (κ2) is 7.18. The number of para-hydroxylation sites is 1. The van der Waals surface area contributed by atoms with Gasteiger partial charge in [-0.15, -0.1) is 0 Å². The van der Waals surface area contributed by atoms with Crippen LogP contribution in [0, 0.1) is 0 Å². The van der Waals surface area contributed by atoms with Crippen molar-refractivity contribution >= 4 is 5.97 Å². The molecule has 0 aliphatic rings. The van der Waals surface area contributed by atoms with Crippen LogP contribution in [0.25, 0.3) is 0 Å². The van der Waals surface area contributed by atoms with E-state index in [1.54, 1.807) is 43.3 Å². The quantitative estimate of drug-likeness (QED) is 0.815. The maximum Gasteiger partial charge on any atom is 0.348 e. The molecule has 4 heteroatoms. The van der Waals surface area contributed by atoms with E-state index in [0.29, 0.717) is 5.75 Å². The van der Waals surface area contributed by atoms with Crippen molar-refractivity contribution in [2.45, 2.75) is 38.7 Å². The summed E-state index contributed by atoms with van der Waals surface area (Å²) in [5.41, 5.74) is 0.284. The van der Waals surface area contributed by atoms with Gasteiger partial charge in [-0.3, -0.25) is 0 Å². The van der Waals surface area contributed by atoms with Gasteiger partial charge in [0.1, 0.15) is 11.5 Å². The number of carboxylic acid groups (broad SMARTS) is 1. The molecule has 0 saturated heterocycles. The first-order chi connectivity index (χ1) is 10.9. The highest BCUT2D eigenvalue weighted by Gasteiger charge is 2.36. The van der Waals surface area contributed by atoms with E-state index < -0.39 is 11.6 Å². The molecule has 4 nitrogen and oxygen atoms in total. The molecular formula is C19H22O4. The zero-order valence-corrected chi connectivity index (χ0v) is 13.5. The summed E-state index contributed by atoms with van der Waals surface area (Å²) < 4.78 is 5.74. The van der Waals surface area contributed by atoms with E-state index in [-0.39, 0.29) is 12.2 Å². The van der Waals surface area contributed by atoms with Crippen molar-refractivity contribution in [2.24, 2.45) is 0 Å². The van der Waals surface area contributed by atoms with Crippen LogP contribution in [0.5, 0.6) is 11.5 Å². The zero-order valence-electron chi connectivity index (χ0n) is 13.5. The topological polar surface area (TPSA) is 66.8 Å². The molecule has 0 radical (unpaired) electrons. The van der Waals surface area contributed by atoms with E-state index in [9.17, 15) is 15.0 Å². The summed E-state index contributed by atoms with van der Waals surface area (Å²) in [5, 5.41) is 19.5. The van der Waals surface area contributed by atoms with Crippen LogP contribution < -0.4 is 4.74 Å². The standard InChI is InChI=1S/C19H22O4/c1-3-7-15-12-14(10-11-17(15)20)13-19(2,18(21)22)23-16-8-5-4-6-9-16/h4-6,8-12,20H,3,7,13H2,1-2H3,(H,21,22). The Bertz CT molecular complexity index is 666. The molecule has 1 unspecified atom stereocenters. The van der Waals surface area contributed by atoms with Gasteiger partial charge in [0.15, 0.2) is 0 Å². The smallest absolute Gasteiger partial charge is 0.348 e. The number of hydrogen-bond acceptors (Lipinski definition) is 3. The Morgan fingerprint density at radius 1 is 1.17 bits per heavy atom.